The van der Waals surface area contributed by atoms with Crippen LogP contribution in [0.4, 0.5) is 11.4 Å². The molecule has 0 radical (unpaired) electrons. The van der Waals surface area contributed by atoms with Gasteiger partial charge in [-0.1, -0.05) is 6.07 Å². The predicted octanol–water partition coefficient (Wildman–Crippen LogP) is 4.37. The zero-order valence-corrected chi connectivity index (χ0v) is 18.5. The second-order valence-electron chi connectivity index (χ2n) is 6.97. The van der Waals surface area contributed by atoms with E-state index >= 15 is 0 Å². The maximum Gasteiger partial charge on any atom is 0.261 e. The van der Waals surface area contributed by atoms with Gasteiger partial charge in [-0.2, -0.15) is 0 Å². The molecule has 0 fully saturated rings. The molecule has 8 heteroatoms. The van der Waals surface area contributed by atoms with E-state index < -0.39 is 10.0 Å². The van der Waals surface area contributed by atoms with Crippen LogP contribution in [-0.2, 0) is 10.0 Å². The van der Waals surface area contributed by atoms with Crippen LogP contribution >= 0.6 is 0 Å². The first-order valence-corrected chi connectivity index (χ1v) is 11.0. The average Bonchev–Trinajstić information content (AvgIpc) is 2.75. The van der Waals surface area contributed by atoms with E-state index in [-0.39, 0.29) is 10.8 Å². The summed E-state index contributed by atoms with van der Waals surface area (Å²) >= 11 is 0. The Bertz CT molecular complexity index is 1210. The van der Waals surface area contributed by atoms with Crippen molar-refractivity contribution < 1.29 is 22.7 Å². The van der Waals surface area contributed by atoms with Crippen molar-refractivity contribution in [1.82, 2.24) is 0 Å². The lowest BCUT2D eigenvalue weighted by Gasteiger charge is -2.14. The highest BCUT2D eigenvalue weighted by Crippen LogP contribution is 2.27. The molecule has 0 saturated heterocycles. The first-order valence-electron chi connectivity index (χ1n) is 9.47. The van der Waals surface area contributed by atoms with E-state index in [1.54, 1.807) is 43.3 Å². The summed E-state index contributed by atoms with van der Waals surface area (Å²) in [5.41, 5.74) is 2.94. The van der Waals surface area contributed by atoms with Crippen LogP contribution in [0.25, 0.3) is 0 Å². The fraction of sp³-hybridized carbons (Fsp3) is 0.174. The van der Waals surface area contributed by atoms with Crippen molar-refractivity contribution in [2.24, 2.45) is 0 Å². The van der Waals surface area contributed by atoms with Crippen molar-refractivity contribution in [3.8, 4) is 11.5 Å². The van der Waals surface area contributed by atoms with Crippen LogP contribution in [0.5, 0.6) is 11.5 Å². The number of carbonyl (C=O) groups is 1. The molecule has 0 aliphatic carbocycles. The van der Waals surface area contributed by atoms with Crippen LogP contribution in [0.15, 0.2) is 65.6 Å². The Morgan fingerprint density at radius 2 is 1.55 bits per heavy atom. The van der Waals surface area contributed by atoms with Gasteiger partial charge in [0, 0.05) is 5.56 Å². The molecule has 1 amide bonds. The molecular formula is C23H24N2O5S. The second-order valence-corrected chi connectivity index (χ2v) is 8.65. The Balaban J connectivity index is 1.79. The third kappa shape index (κ3) is 5.16. The standard InChI is InChI=1S/C23H24N2O5S/c1-15-5-12-22(30-4)21(13-15)24-23(26)17-6-11-20(16(2)14-17)25-31(27,28)19-9-7-18(29-3)8-10-19/h5-14,25H,1-4H3,(H,24,26). The Morgan fingerprint density at radius 1 is 0.839 bits per heavy atom. The summed E-state index contributed by atoms with van der Waals surface area (Å²) in [5.74, 6) is 0.798. The lowest BCUT2D eigenvalue weighted by atomic mass is 10.1. The van der Waals surface area contributed by atoms with Crippen LogP contribution in [0.2, 0.25) is 0 Å². The lowest BCUT2D eigenvalue weighted by molar-refractivity contribution is 0.102. The summed E-state index contributed by atoms with van der Waals surface area (Å²) in [6.07, 6.45) is 0. The van der Waals surface area contributed by atoms with Gasteiger partial charge in [-0.05, 0) is 79.6 Å². The number of carbonyl (C=O) groups excluding carboxylic acids is 1. The number of benzene rings is 3. The summed E-state index contributed by atoms with van der Waals surface area (Å²) in [6.45, 7) is 3.65. The molecule has 0 aromatic heterocycles. The van der Waals surface area contributed by atoms with E-state index in [2.05, 4.69) is 10.0 Å². The SMILES string of the molecule is COc1ccc(S(=O)(=O)Nc2ccc(C(=O)Nc3cc(C)ccc3OC)cc2C)cc1. The van der Waals surface area contributed by atoms with Crippen LogP contribution in [0.3, 0.4) is 0 Å². The fourth-order valence-electron chi connectivity index (χ4n) is 2.99. The summed E-state index contributed by atoms with van der Waals surface area (Å²) < 4.78 is 38.3. The zero-order valence-electron chi connectivity index (χ0n) is 17.7. The molecule has 0 aliphatic heterocycles. The molecular weight excluding hydrogens is 416 g/mol. The second kappa shape index (κ2) is 9.09. The summed E-state index contributed by atoms with van der Waals surface area (Å²) in [7, 11) is -0.731. The van der Waals surface area contributed by atoms with Crippen molar-refractivity contribution in [3.63, 3.8) is 0 Å². The van der Waals surface area contributed by atoms with Gasteiger partial charge in [0.1, 0.15) is 11.5 Å². The van der Waals surface area contributed by atoms with Crippen molar-refractivity contribution >= 4 is 27.3 Å². The first kappa shape index (κ1) is 22.2. The molecule has 0 heterocycles. The van der Waals surface area contributed by atoms with Crippen LogP contribution < -0.4 is 19.5 Å². The van der Waals surface area contributed by atoms with Gasteiger partial charge in [0.15, 0.2) is 0 Å². The molecule has 162 valence electrons. The van der Waals surface area contributed by atoms with E-state index in [4.69, 9.17) is 9.47 Å². The highest BCUT2D eigenvalue weighted by molar-refractivity contribution is 7.92. The van der Waals surface area contributed by atoms with Crippen LogP contribution in [-0.4, -0.2) is 28.5 Å². The molecule has 0 unspecified atom stereocenters. The van der Waals surface area contributed by atoms with E-state index in [0.29, 0.717) is 34.0 Å². The number of hydrogen-bond acceptors (Lipinski definition) is 5. The molecule has 0 atom stereocenters. The van der Waals surface area contributed by atoms with Gasteiger partial charge in [-0.15, -0.1) is 0 Å². The summed E-state index contributed by atoms with van der Waals surface area (Å²) in [4.78, 5) is 12.8. The number of amides is 1. The first-order chi connectivity index (χ1) is 14.7. The molecule has 0 saturated carbocycles. The summed E-state index contributed by atoms with van der Waals surface area (Å²) in [5, 5.41) is 2.84. The zero-order chi connectivity index (χ0) is 22.6. The number of ether oxygens (including phenoxy) is 2. The van der Waals surface area contributed by atoms with Crippen LogP contribution in [0.1, 0.15) is 21.5 Å². The van der Waals surface area contributed by atoms with Crippen molar-refractivity contribution in [1.29, 1.82) is 0 Å². The predicted molar refractivity (Wildman–Crippen MR) is 121 cm³/mol. The van der Waals surface area contributed by atoms with Crippen molar-refractivity contribution in [3.05, 3.63) is 77.4 Å². The Labute approximate surface area is 182 Å². The van der Waals surface area contributed by atoms with E-state index in [1.807, 2.05) is 19.1 Å². The average molecular weight is 441 g/mol. The number of anilines is 2. The number of nitrogens with one attached hydrogen (secondary N) is 2. The van der Waals surface area contributed by atoms with Crippen molar-refractivity contribution in [2.45, 2.75) is 18.7 Å². The summed E-state index contributed by atoms with van der Waals surface area (Å²) in [6, 6.07) is 16.3. The Hall–Kier alpha value is -3.52. The molecule has 0 bridgehead atoms. The normalized spacial score (nSPS) is 11.0. The molecule has 0 spiro atoms. The quantitative estimate of drug-likeness (QED) is 0.569. The maximum atomic E-state index is 12.7. The number of sulfonamides is 1. The van der Waals surface area contributed by atoms with Gasteiger partial charge >= 0.3 is 0 Å². The van der Waals surface area contributed by atoms with E-state index in [1.165, 1.54) is 26.4 Å². The van der Waals surface area contributed by atoms with E-state index in [0.717, 1.165) is 5.56 Å². The molecule has 2 N–H and O–H groups in total. The lowest BCUT2D eigenvalue weighted by Crippen LogP contribution is -2.15. The molecule has 7 nitrogen and oxygen atoms in total. The minimum atomic E-state index is -3.78. The molecule has 31 heavy (non-hydrogen) atoms. The fourth-order valence-corrected chi connectivity index (χ4v) is 4.12. The number of methoxy groups -OCH3 is 2. The maximum absolute atomic E-state index is 12.7. The minimum absolute atomic E-state index is 0.112. The van der Waals surface area contributed by atoms with Crippen molar-refractivity contribution in [2.75, 3.05) is 24.3 Å². The number of hydrogen-bond donors (Lipinski definition) is 2. The smallest absolute Gasteiger partial charge is 0.261 e. The third-order valence-corrected chi connectivity index (χ3v) is 6.09. The molecule has 3 aromatic rings. The molecule has 3 aromatic carbocycles. The Kier molecular flexibility index (Phi) is 6.50. The molecule has 0 aliphatic rings. The number of rotatable bonds is 7. The highest BCUT2D eigenvalue weighted by Gasteiger charge is 2.17. The minimum Gasteiger partial charge on any atom is -0.497 e. The van der Waals surface area contributed by atoms with Gasteiger partial charge in [-0.25, -0.2) is 8.42 Å². The Morgan fingerprint density at radius 3 is 2.16 bits per heavy atom. The third-order valence-electron chi connectivity index (χ3n) is 4.71. The van der Waals surface area contributed by atoms with Gasteiger partial charge in [0.2, 0.25) is 0 Å². The van der Waals surface area contributed by atoms with Gasteiger partial charge in [0.05, 0.1) is 30.5 Å². The van der Waals surface area contributed by atoms with Gasteiger partial charge in [0.25, 0.3) is 15.9 Å². The van der Waals surface area contributed by atoms with E-state index in [9.17, 15) is 13.2 Å². The number of aryl methyl sites for hydroxylation is 2. The van der Waals surface area contributed by atoms with Crippen LogP contribution in [0, 0.1) is 13.8 Å². The van der Waals surface area contributed by atoms with Gasteiger partial charge < -0.3 is 14.8 Å². The largest absolute Gasteiger partial charge is 0.497 e. The van der Waals surface area contributed by atoms with Gasteiger partial charge in [-0.3, -0.25) is 9.52 Å². The topological polar surface area (TPSA) is 93.7 Å². The highest BCUT2D eigenvalue weighted by atomic mass is 32.2. The monoisotopic (exact) mass is 440 g/mol. The molecule has 3 rings (SSSR count).